The number of aliphatic hydroxyl groups is 1. The monoisotopic (exact) mass is 741 g/mol. The van der Waals surface area contributed by atoms with Crippen molar-refractivity contribution in [2.45, 2.75) is 67.3 Å². The third kappa shape index (κ3) is 6.96. The predicted molar refractivity (Wildman–Crippen MR) is 186 cm³/mol. The van der Waals surface area contributed by atoms with E-state index in [1.807, 2.05) is 30.3 Å². The molecule has 3 fully saturated rings. The molecule has 1 spiro atoms. The zero-order valence-corrected chi connectivity index (χ0v) is 29.1. The minimum Gasteiger partial charge on any atom is -0.460 e. The highest BCUT2D eigenvalue weighted by Crippen LogP contribution is 2.61. The van der Waals surface area contributed by atoms with Crippen LogP contribution in [0.15, 0.2) is 79.9 Å². The quantitative estimate of drug-likeness (QED) is 0.159. The van der Waals surface area contributed by atoms with Crippen LogP contribution in [-0.2, 0) is 35.1 Å². The van der Waals surface area contributed by atoms with Crippen LogP contribution >= 0.6 is 27.5 Å². The number of allylic oxidation sites excluding steroid dienone is 1. The van der Waals surface area contributed by atoms with Gasteiger partial charge in [0, 0.05) is 28.5 Å². The number of anilines is 1. The summed E-state index contributed by atoms with van der Waals surface area (Å²) in [5, 5.41) is 14.0. The molecule has 2 aromatic rings. The first-order valence-electron chi connectivity index (χ1n) is 16.1. The number of rotatable bonds is 15. The largest absolute Gasteiger partial charge is 0.460 e. The predicted octanol–water partition coefficient (Wildman–Crippen LogP) is 4.22. The number of alkyl halides is 1. The highest BCUT2D eigenvalue weighted by molar-refractivity contribution is 9.09. The smallest absolute Gasteiger partial charge is 0.312 e. The van der Waals surface area contributed by atoms with Gasteiger partial charge < -0.3 is 29.7 Å². The van der Waals surface area contributed by atoms with Gasteiger partial charge in [0.1, 0.15) is 17.7 Å². The van der Waals surface area contributed by atoms with Crippen molar-refractivity contribution >= 4 is 56.9 Å². The number of nitrogens with one attached hydrogen (secondary N) is 1. The van der Waals surface area contributed by atoms with Crippen molar-refractivity contribution in [3.63, 3.8) is 0 Å². The minimum absolute atomic E-state index is 0.0932. The second-order valence-electron chi connectivity index (χ2n) is 12.5. The van der Waals surface area contributed by atoms with Gasteiger partial charge in [-0.2, -0.15) is 0 Å². The van der Waals surface area contributed by atoms with Crippen molar-refractivity contribution in [2.75, 3.05) is 24.6 Å². The number of aliphatic hydroxyl groups excluding tert-OH is 1. The highest BCUT2D eigenvalue weighted by Gasteiger charge is 2.77. The first-order chi connectivity index (χ1) is 23.1. The molecule has 3 saturated heterocycles. The van der Waals surface area contributed by atoms with E-state index in [0.29, 0.717) is 17.1 Å². The molecule has 0 aliphatic carbocycles. The van der Waals surface area contributed by atoms with Crippen molar-refractivity contribution in [3.8, 4) is 0 Å². The number of hydrogen-bond acceptors (Lipinski definition) is 7. The average Bonchev–Trinajstić information content (AvgIpc) is 3.68. The van der Waals surface area contributed by atoms with Gasteiger partial charge >= 0.3 is 5.97 Å². The molecular weight excluding hydrogens is 702 g/mol. The third-order valence-corrected chi connectivity index (χ3v) is 10.4. The van der Waals surface area contributed by atoms with Crippen LogP contribution in [0.1, 0.15) is 31.7 Å². The Bertz CT molecular complexity index is 1530. The maximum absolute atomic E-state index is 14.9. The Hall–Kier alpha value is -3.51. The minimum atomic E-state index is -1.38. The number of nitrogens with zero attached hydrogens (tertiary/aromatic N) is 2. The third-order valence-electron chi connectivity index (χ3n) is 9.35. The molecule has 2 aromatic carbocycles. The van der Waals surface area contributed by atoms with Crippen molar-refractivity contribution in [2.24, 2.45) is 11.8 Å². The lowest BCUT2D eigenvalue weighted by molar-refractivity contribution is -0.159. The lowest BCUT2D eigenvalue weighted by Crippen LogP contribution is -2.59. The molecule has 3 aliphatic heterocycles. The van der Waals surface area contributed by atoms with E-state index in [4.69, 9.17) is 21.1 Å². The van der Waals surface area contributed by atoms with E-state index < -0.39 is 66.1 Å². The van der Waals surface area contributed by atoms with Gasteiger partial charge in [0.25, 0.3) is 5.91 Å². The molecule has 3 aliphatic rings. The molecular formula is C36H41BrClN3O7. The Morgan fingerprint density at radius 1 is 1.19 bits per heavy atom. The first kappa shape index (κ1) is 35.8. The van der Waals surface area contributed by atoms with Crippen LogP contribution in [0.5, 0.6) is 0 Å². The number of halogens is 2. The van der Waals surface area contributed by atoms with Crippen molar-refractivity contribution in [1.29, 1.82) is 0 Å². The molecule has 0 saturated carbocycles. The van der Waals surface area contributed by atoms with E-state index in [0.717, 1.165) is 5.56 Å². The standard InChI is InChI=1S/C36H41BrClN3O7/c1-4-6-12-28(43)39-20-22(3)47-35(46)29-30-33(44)41(26(21-42)18-23-10-8-7-9-11-23)32(36(30)19-27(37)31(29)48-36)34(45)40(17-5-2)25-15-13-24(38)14-16-25/h4-5,7-11,13-16,22,26-27,29-32,42H,1-2,6,12,17-21H2,3H3,(H,39,43)/t22-,26-,27?,29-,30+,31-,32-,36+/m1/s1. The molecule has 3 amide bonds. The Labute approximate surface area is 294 Å². The van der Waals surface area contributed by atoms with E-state index in [9.17, 15) is 24.3 Å². The van der Waals surface area contributed by atoms with Gasteiger partial charge in [-0.1, -0.05) is 70.0 Å². The van der Waals surface area contributed by atoms with Crippen molar-refractivity contribution < 1.29 is 33.8 Å². The van der Waals surface area contributed by atoms with Gasteiger partial charge in [-0.15, -0.1) is 13.2 Å². The summed E-state index contributed by atoms with van der Waals surface area (Å²) in [5.41, 5.74) is 0.0340. The zero-order valence-electron chi connectivity index (χ0n) is 26.8. The van der Waals surface area contributed by atoms with Crippen LogP contribution in [0.25, 0.3) is 0 Å². The second-order valence-corrected chi connectivity index (χ2v) is 14.1. The normalized spacial score (nSPS) is 26.8. The van der Waals surface area contributed by atoms with Crippen LogP contribution < -0.4 is 10.2 Å². The summed E-state index contributed by atoms with van der Waals surface area (Å²) < 4.78 is 12.5. The SMILES string of the molecule is C=CCCC(=O)NC[C@@H](C)OC(=O)[C@H]1[C@@H]2O[C@@]3(CC2Br)[C@@H]1C(=O)N([C@@H](CO)Cc1ccccc1)[C@@H]3C(=O)N(CC=C)c1ccc(Cl)cc1. The molecule has 3 heterocycles. The van der Waals surface area contributed by atoms with E-state index in [2.05, 4.69) is 34.4 Å². The molecule has 48 heavy (non-hydrogen) atoms. The van der Waals surface area contributed by atoms with E-state index in [1.165, 1.54) is 9.80 Å². The maximum Gasteiger partial charge on any atom is 0.312 e. The molecule has 0 aromatic heterocycles. The number of carbonyl (C=O) groups excluding carboxylic acids is 4. The highest BCUT2D eigenvalue weighted by atomic mass is 79.9. The summed E-state index contributed by atoms with van der Waals surface area (Å²) in [6.45, 7) is 8.94. The summed E-state index contributed by atoms with van der Waals surface area (Å²) in [5.74, 6) is -3.77. The van der Waals surface area contributed by atoms with Crippen LogP contribution in [-0.4, -0.2) is 88.1 Å². The van der Waals surface area contributed by atoms with Gasteiger partial charge in [0.2, 0.25) is 11.8 Å². The fraction of sp³-hybridized carbons (Fsp3) is 0.444. The number of amides is 3. The summed E-state index contributed by atoms with van der Waals surface area (Å²) >= 11 is 9.85. The van der Waals surface area contributed by atoms with Crippen LogP contribution in [0.2, 0.25) is 5.02 Å². The number of likely N-dealkylation sites (tertiary alicyclic amines) is 1. The van der Waals surface area contributed by atoms with Crippen LogP contribution in [0.3, 0.4) is 0 Å². The molecule has 1 unspecified atom stereocenters. The molecule has 256 valence electrons. The fourth-order valence-electron chi connectivity index (χ4n) is 7.26. The molecule has 2 bridgehead atoms. The fourth-order valence-corrected chi connectivity index (χ4v) is 8.33. The number of hydrogen-bond donors (Lipinski definition) is 2. The molecule has 8 atom stereocenters. The molecule has 10 nitrogen and oxygen atoms in total. The van der Waals surface area contributed by atoms with Gasteiger partial charge in [-0.05, 0) is 56.0 Å². The lowest BCUT2D eigenvalue weighted by Gasteiger charge is -2.39. The lowest BCUT2D eigenvalue weighted by atomic mass is 9.70. The van der Waals surface area contributed by atoms with E-state index in [-0.39, 0.29) is 43.1 Å². The van der Waals surface area contributed by atoms with Gasteiger partial charge in [0.05, 0.1) is 37.1 Å². The summed E-state index contributed by atoms with van der Waals surface area (Å²) in [7, 11) is 0. The van der Waals surface area contributed by atoms with Crippen LogP contribution in [0.4, 0.5) is 5.69 Å². The Morgan fingerprint density at radius 2 is 1.90 bits per heavy atom. The number of carbonyl (C=O) groups is 4. The van der Waals surface area contributed by atoms with Gasteiger partial charge in [-0.3, -0.25) is 19.2 Å². The maximum atomic E-state index is 14.9. The molecule has 2 N–H and O–H groups in total. The summed E-state index contributed by atoms with van der Waals surface area (Å²) in [6.07, 6.45) is 3.18. The van der Waals surface area contributed by atoms with E-state index in [1.54, 1.807) is 43.3 Å². The van der Waals surface area contributed by atoms with Crippen LogP contribution in [0, 0.1) is 11.8 Å². The number of ether oxygens (including phenoxy) is 2. The average molecular weight is 743 g/mol. The van der Waals surface area contributed by atoms with Gasteiger partial charge in [-0.25, -0.2) is 0 Å². The Balaban J connectivity index is 1.51. The van der Waals surface area contributed by atoms with E-state index >= 15 is 0 Å². The molecule has 12 heteroatoms. The van der Waals surface area contributed by atoms with Gasteiger partial charge in [0.15, 0.2) is 0 Å². The van der Waals surface area contributed by atoms with Crippen molar-refractivity contribution in [3.05, 3.63) is 90.5 Å². The summed E-state index contributed by atoms with van der Waals surface area (Å²) in [4.78, 5) is 58.2. The number of fused-ring (bicyclic) bond motifs is 1. The molecule has 5 rings (SSSR count). The number of esters is 1. The molecule has 0 radical (unpaired) electrons. The second kappa shape index (κ2) is 15.4. The van der Waals surface area contributed by atoms with Crippen molar-refractivity contribution in [1.82, 2.24) is 10.2 Å². The topological polar surface area (TPSA) is 125 Å². The summed E-state index contributed by atoms with van der Waals surface area (Å²) in [6, 6.07) is 14.2. The zero-order chi connectivity index (χ0) is 34.6. The Morgan fingerprint density at radius 3 is 2.54 bits per heavy atom. The number of benzene rings is 2. The first-order valence-corrected chi connectivity index (χ1v) is 17.4. The Kier molecular flexibility index (Phi) is 11.5.